The fraction of sp³-hybridized carbons (Fsp3) is 0.667. The van der Waals surface area contributed by atoms with Gasteiger partial charge in [-0.3, -0.25) is 4.79 Å². The quantitative estimate of drug-likeness (QED) is 0.682. The number of aliphatic hydroxyl groups is 1. The van der Waals surface area contributed by atoms with Crippen LogP contribution in [0.15, 0.2) is 24.3 Å². The predicted octanol–water partition coefficient (Wildman–Crippen LogP) is 4.08. The smallest absolute Gasteiger partial charge is 0.422 e. The van der Waals surface area contributed by atoms with Crippen LogP contribution >= 0.6 is 0 Å². The summed E-state index contributed by atoms with van der Waals surface area (Å²) in [5, 5.41) is 10.7. The number of nitrogens with zero attached hydrogens (tertiary/aromatic N) is 1. The van der Waals surface area contributed by atoms with Crippen molar-refractivity contribution in [1.29, 1.82) is 0 Å². The fourth-order valence-electron chi connectivity index (χ4n) is 4.16. The monoisotopic (exact) mass is 415 g/mol. The first-order valence-corrected chi connectivity index (χ1v) is 10.1. The molecule has 1 aromatic carbocycles. The number of benzene rings is 1. The summed E-state index contributed by atoms with van der Waals surface area (Å²) in [4.78, 5) is 14.8. The molecule has 1 saturated carbocycles. The van der Waals surface area contributed by atoms with E-state index < -0.39 is 23.8 Å². The van der Waals surface area contributed by atoms with Crippen molar-refractivity contribution in [1.82, 2.24) is 0 Å². The molecule has 1 saturated heterocycles. The van der Waals surface area contributed by atoms with Crippen LogP contribution in [0.3, 0.4) is 0 Å². The second-order valence-electron chi connectivity index (χ2n) is 8.16. The number of hydrogen-bond acceptors (Lipinski definition) is 4. The van der Waals surface area contributed by atoms with E-state index in [0.717, 1.165) is 6.42 Å². The van der Waals surface area contributed by atoms with Gasteiger partial charge in [0.05, 0.1) is 17.6 Å². The Morgan fingerprint density at radius 3 is 2.34 bits per heavy atom. The van der Waals surface area contributed by atoms with E-state index in [4.69, 9.17) is 9.47 Å². The van der Waals surface area contributed by atoms with E-state index in [-0.39, 0.29) is 11.7 Å². The van der Waals surface area contributed by atoms with Crippen LogP contribution in [0.1, 0.15) is 45.4 Å². The molecule has 1 aliphatic heterocycles. The Morgan fingerprint density at radius 2 is 1.76 bits per heavy atom. The maximum atomic E-state index is 13.1. The van der Waals surface area contributed by atoms with Crippen molar-refractivity contribution in [3.8, 4) is 5.75 Å². The second kappa shape index (κ2) is 8.52. The standard InChI is InChI=1S/C21H28F3NO4/c1-2-13-28-14-20(27)9-7-19(8-10-20)11-12-25(18(19)26)16-3-5-17(6-4-16)29-15-21(22,23)24/h3-6,27H,2,7-15H2,1H3/t19-,20+. The van der Waals surface area contributed by atoms with Gasteiger partial charge in [0, 0.05) is 18.8 Å². The van der Waals surface area contributed by atoms with Gasteiger partial charge in [-0.2, -0.15) is 13.2 Å². The molecule has 1 spiro atoms. The molecule has 1 N–H and O–H groups in total. The lowest BCUT2D eigenvalue weighted by atomic mass is 9.68. The number of anilines is 1. The van der Waals surface area contributed by atoms with Crippen LogP contribution in [0.5, 0.6) is 5.75 Å². The third kappa shape index (κ3) is 5.22. The number of ether oxygens (including phenoxy) is 2. The lowest BCUT2D eigenvalue weighted by Crippen LogP contribution is -2.45. The van der Waals surface area contributed by atoms with Crippen molar-refractivity contribution in [2.45, 2.75) is 57.2 Å². The summed E-state index contributed by atoms with van der Waals surface area (Å²) in [5.41, 5.74) is -0.688. The molecule has 5 nitrogen and oxygen atoms in total. The molecule has 0 aromatic heterocycles. The van der Waals surface area contributed by atoms with E-state index in [0.29, 0.717) is 57.6 Å². The molecule has 0 atom stereocenters. The minimum absolute atomic E-state index is 0.0259. The summed E-state index contributed by atoms with van der Waals surface area (Å²) in [6, 6.07) is 6.12. The van der Waals surface area contributed by atoms with Gasteiger partial charge in [-0.25, -0.2) is 0 Å². The van der Waals surface area contributed by atoms with Crippen molar-refractivity contribution in [2.24, 2.45) is 5.41 Å². The summed E-state index contributed by atoms with van der Waals surface area (Å²) in [6.07, 6.45) is -0.499. The first-order chi connectivity index (χ1) is 13.7. The highest BCUT2D eigenvalue weighted by Crippen LogP contribution is 2.48. The van der Waals surface area contributed by atoms with Gasteiger partial charge in [0.1, 0.15) is 5.75 Å². The summed E-state index contributed by atoms with van der Waals surface area (Å²) in [7, 11) is 0. The van der Waals surface area contributed by atoms with E-state index in [1.54, 1.807) is 17.0 Å². The number of hydrogen-bond donors (Lipinski definition) is 1. The van der Waals surface area contributed by atoms with Crippen LogP contribution in [-0.2, 0) is 9.53 Å². The first kappa shape index (κ1) is 21.9. The van der Waals surface area contributed by atoms with Crippen LogP contribution in [-0.4, -0.2) is 49.2 Å². The minimum Gasteiger partial charge on any atom is -0.484 e. The van der Waals surface area contributed by atoms with Crippen molar-refractivity contribution in [3.05, 3.63) is 24.3 Å². The van der Waals surface area contributed by atoms with Crippen LogP contribution in [0, 0.1) is 5.41 Å². The van der Waals surface area contributed by atoms with Crippen molar-refractivity contribution < 1.29 is 32.5 Å². The topological polar surface area (TPSA) is 59.0 Å². The van der Waals surface area contributed by atoms with Crippen LogP contribution in [0.4, 0.5) is 18.9 Å². The second-order valence-corrected chi connectivity index (χ2v) is 8.16. The van der Waals surface area contributed by atoms with Gasteiger partial charge in [0.25, 0.3) is 0 Å². The Kier molecular flexibility index (Phi) is 6.43. The zero-order valence-corrected chi connectivity index (χ0v) is 16.6. The molecule has 2 aliphatic rings. The maximum absolute atomic E-state index is 13.1. The largest absolute Gasteiger partial charge is 0.484 e. The van der Waals surface area contributed by atoms with Gasteiger partial charge >= 0.3 is 6.18 Å². The SMILES string of the molecule is CCCOC[C@]1(O)CC[C@]2(CCN(c3ccc(OCC(F)(F)F)cc3)C2=O)CC1. The zero-order valence-electron chi connectivity index (χ0n) is 16.6. The summed E-state index contributed by atoms with van der Waals surface area (Å²) in [5.74, 6) is 0.139. The summed E-state index contributed by atoms with van der Waals surface area (Å²) >= 11 is 0. The molecule has 1 aromatic rings. The van der Waals surface area contributed by atoms with E-state index >= 15 is 0 Å². The minimum atomic E-state index is -4.39. The molecule has 162 valence electrons. The number of rotatable bonds is 7. The van der Waals surface area contributed by atoms with Crippen LogP contribution in [0.25, 0.3) is 0 Å². The number of carbonyl (C=O) groups is 1. The number of halogens is 3. The normalized spacial score (nSPS) is 27.6. The first-order valence-electron chi connectivity index (χ1n) is 10.1. The molecule has 0 radical (unpaired) electrons. The Labute approximate surface area is 168 Å². The van der Waals surface area contributed by atoms with E-state index in [9.17, 15) is 23.1 Å². The lowest BCUT2D eigenvalue weighted by molar-refractivity contribution is -0.153. The molecule has 1 heterocycles. The number of alkyl halides is 3. The molecular weight excluding hydrogens is 387 g/mol. The Balaban J connectivity index is 1.59. The molecule has 8 heteroatoms. The number of amides is 1. The van der Waals surface area contributed by atoms with E-state index in [1.165, 1.54) is 12.1 Å². The molecule has 1 aliphatic carbocycles. The molecule has 0 bridgehead atoms. The third-order valence-corrected chi connectivity index (χ3v) is 5.92. The van der Waals surface area contributed by atoms with Crippen LogP contribution in [0.2, 0.25) is 0 Å². The van der Waals surface area contributed by atoms with Crippen LogP contribution < -0.4 is 9.64 Å². The van der Waals surface area contributed by atoms with Gasteiger partial charge in [-0.05, 0) is 62.8 Å². The molecule has 3 rings (SSSR count). The Hall–Kier alpha value is -1.80. The Bertz CT molecular complexity index is 697. The summed E-state index contributed by atoms with van der Waals surface area (Å²) in [6.45, 7) is 2.15. The zero-order chi connectivity index (χ0) is 21.1. The lowest BCUT2D eigenvalue weighted by Gasteiger charge is -2.40. The van der Waals surface area contributed by atoms with Crippen molar-refractivity contribution in [3.63, 3.8) is 0 Å². The van der Waals surface area contributed by atoms with Crippen molar-refractivity contribution in [2.75, 3.05) is 31.3 Å². The maximum Gasteiger partial charge on any atom is 0.422 e. The third-order valence-electron chi connectivity index (χ3n) is 5.92. The van der Waals surface area contributed by atoms with Gasteiger partial charge in [0.15, 0.2) is 6.61 Å². The number of carbonyl (C=O) groups excluding carboxylic acids is 1. The average molecular weight is 415 g/mol. The summed E-state index contributed by atoms with van der Waals surface area (Å²) < 4.78 is 47.0. The molecule has 29 heavy (non-hydrogen) atoms. The van der Waals surface area contributed by atoms with E-state index in [1.807, 2.05) is 6.92 Å². The molecule has 0 unspecified atom stereocenters. The van der Waals surface area contributed by atoms with Gasteiger partial charge in [0.2, 0.25) is 5.91 Å². The van der Waals surface area contributed by atoms with Gasteiger partial charge < -0.3 is 19.5 Å². The van der Waals surface area contributed by atoms with Gasteiger partial charge in [-0.1, -0.05) is 6.92 Å². The highest BCUT2D eigenvalue weighted by molar-refractivity contribution is 6.00. The average Bonchev–Trinajstić information content (AvgIpc) is 3.00. The molecular formula is C21H28F3NO4. The Morgan fingerprint density at radius 1 is 1.10 bits per heavy atom. The van der Waals surface area contributed by atoms with E-state index in [2.05, 4.69) is 0 Å². The van der Waals surface area contributed by atoms with Crippen molar-refractivity contribution >= 4 is 11.6 Å². The highest BCUT2D eigenvalue weighted by atomic mass is 19.4. The molecule has 2 fully saturated rings. The molecule has 1 amide bonds. The van der Waals surface area contributed by atoms with Gasteiger partial charge in [-0.15, -0.1) is 0 Å². The fourth-order valence-corrected chi connectivity index (χ4v) is 4.16. The predicted molar refractivity (Wildman–Crippen MR) is 102 cm³/mol. The highest BCUT2D eigenvalue weighted by Gasteiger charge is 2.51.